The van der Waals surface area contributed by atoms with Crippen LogP contribution in [-0.4, -0.2) is 44.2 Å². The number of carbonyl (C=O) groups is 1. The van der Waals surface area contributed by atoms with E-state index < -0.39 is 5.63 Å². The van der Waals surface area contributed by atoms with Gasteiger partial charge in [-0.05, 0) is 48.8 Å². The molecule has 0 aliphatic carbocycles. The summed E-state index contributed by atoms with van der Waals surface area (Å²) < 4.78 is 10.8. The second kappa shape index (κ2) is 11.2. The van der Waals surface area contributed by atoms with E-state index in [2.05, 4.69) is 10.6 Å². The van der Waals surface area contributed by atoms with E-state index in [0.29, 0.717) is 22.7 Å². The minimum absolute atomic E-state index is 0.110. The van der Waals surface area contributed by atoms with Crippen LogP contribution in [-0.2, 0) is 4.79 Å². The van der Waals surface area contributed by atoms with Gasteiger partial charge in [-0.3, -0.25) is 4.79 Å². The Balaban J connectivity index is 1.94. The fourth-order valence-corrected chi connectivity index (χ4v) is 4.13. The number of amides is 1. The fraction of sp³-hybridized carbons (Fsp3) is 0.360. The molecule has 0 saturated carbocycles. The normalized spacial score (nSPS) is 12.1. The smallest absolute Gasteiger partial charge is 0.338 e. The number of fused-ring (bicyclic) bond motifs is 1. The lowest BCUT2D eigenvalue weighted by molar-refractivity contribution is -0.118. The largest absolute Gasteiger partial charge is 0.495 e. The van der Waals surface area contributed by atoms with Gasteiger partial charge in [0.1, 0.15) is 11.3 Å². The predicted octanol–water partition coefficient (Wildman–Crippen LogP) is 4.63. The van der Waals surface area contributed by atoms with E-state index in [0.717, 1.165) is 23.2 Å². The Morgan fingerprint density at radius 1 is 1.18 bits per heavy atom. The average Bonchev–Trinajstić information content (AvgIpc) is 2.80. The maximum atomic E-state index is 13.1. The van der Waals surface area contributed by atoms with Crippen LogP contribution in [0.15, 0.2) is 57.7 Å². The number of rotatable bonds is 10. The Hall–Kier alpha value is -2.97. The molecule has 3 aromatic rings. The molecule has 0 aliphatic heterocycles. The topological polar surface area (TPSA) is 83.8 Å². The lowest BCUT2D eigenvalue weighted by atomic mass is 10.1. The van der Waals surface area contributed by atoms with Crippen molar-refractivity contribution in [2.45, 2.75) is 32.4 Å². The van der Waals surface area contributed by atoms with Gasteiger partial charge < -0.3 is 24.7 Å². The van der Waals surface area contributed by atoms with Gasteiger partial charge in [-0.25, -0.2) is 4.79 Å². The number of anilines is 3. The summed E-state index contributed by atoms with van der Waals surface area (Å²) in [5, 5.41) is 7.19. The molecule has 0 bridgehead atoms. The van der Waals surface area contributed by atoms with Crippen LogP contribution in [0.5, 0.6) is 5.75 Å². The van der Waals surface area contributed by atoms with Crippen molar-refractivity contribution >= 4 is 45.7 Å². The van der Waals surface area contributed by atoms with Crippen LogP contribution in [0.1, 0.15) is 20.3 Å². The van der Waals surface area contributed by atoms with Crippen molar-refractivity contribution in [3.8, 4) is 5.75 Å². The van der Waals surface area contributed by atoms with Crippen molar-refractivity contribution < 1.29 is 13.9 Å². The third kappa shape index (κ3) is 6.09. The van der Waals surface area contributed by atoms with E-state index in [9.17, 15) is 9.59 Å². The Bertz CT molecular complexity index is 1160. The predicted molar refractivity (Wildman–Crippen MR) is 137 cm³/mol. The third-order valence-electron chi connectivity index (χ3n) is 5.28. The number of carbonyl (C=O) groups excluding carboxylic acids is 1. The summed E-state index contributed by atoms with van der Waals surface area (Å²) in [7, 11) is 3.44. The van der Waals surface area contributed by atoms with E-state index in [4.69, 9.17) is 9.15 Å². The van der Waals surface area contributed by atoms with E-state index >= 15 is 0 Å². The molecule has 1 atom stereocenters. The Labute approximate surface area is 198 Å². The first-order valence-electron chi connectivity index (χ1n) is 10.8. The van der Waals surface area contributed by atoms with Crippen molar-refractivity contribution in [1.82, 2.24) is 5.32 Å². The molecule has 1 aromatic heterocycles. The van der Waals surface area contributed by atoms with E-state index in [1.165, 1.54) is 6.07 Å². The first kappa shape index (κ1) is 24.7. The molecule has 1 heterocycles. The molecule has 176 valence electrons. The van der Waals surface area contributed by atoms with Gasteiger partial charge in [-0.2, -0.15) is 11.8 Å². The maximum Gasteiger partial charge on any atom is 0.338 e. The van der Waals surface area contributed by atoms with Crippen LogP contribution in [0.4, 0.5) is 17.1 Å². The lowest BCUT2D eigenvalue weighted by Crippen LogP contribution is -2.44. The molecule has 0 aliphatic rings. The zero-order valence-electron chi connectivity index (χ0n) is 19.7. The molecule has 2 N–H and O–H groups in total. The summed E-state index contributed by atoms with van der Waals surface area (Å²) >= 11 is 1.71. The van der Waals surface area contributed by atoms with Gasteiger partial charge in [0.25, 0.3) is 0 Å². The number of benzene rings is 2. The van der Waals surface area contributed by atoms with Crippen molar-refractivity contribution in [2.24, 2.45) is 0 Å². The van der Waals surface area contributed by atoms with E-state index in [1.807, 2.05) is 68.4 Å². The van der Waals surface area contributed by atoms with Crippen LogP contribution in [0.2, 0.25) is 0 Å². The zero-order valence-corrected chi connectivity index (χ0v) is 20.5. The Kier molecular flexibility index (Phi) is 8.41. The number of nitrogens with one attached hydrogen (secondary N) is 2. The average molecular weight is 470 g/mol. The highest BCUT2D eigenvalue weighted by Crippen LogP contribution is 2.34. The van der Waals surface area contributed by atoms with Crippen LogP contribution in [0.3, 0.4) is 0 Å². The Morgan fingerprint density at radius 3 is 2.64 bits per heavy atom. The first-order valence-corrected chi connectivity index (χ1v) is 12.2. The van der Waals surface area contributed by atoms with E-state index in [1.54, 1.807) is 24.9 Å². The molecule has 3 rings (SSSR count). The van der Waals surface area contributed by atoms with Crippen molar-refractivity contribution in [2.75, 3.05) is 36.4 Å². The fourth-order valence-electron chi connectivity index (χ4n) is 3.66. The highest BCUT2D eigenvalue weighted by molar-refractivity contribution is 7.98. The number of para-hydroxylation sites is 1. The molecule has 0 spiro atoms. The molecule has 33 heavy (non-hydrogen) atoms. The van der Waals surface area contributed by atoms with Crippen molar-refractivity contribution in [1.29, 1.82) is 0 Å². The number of ether oxygens (including phenoxy) is 1. The second-order valence-electron chi connectivity index (χ2n) is 8.04. The first-order chi connectivity index (χ1) is 15.8. The molecule has 2 aromatic carbocycles. The molecule has 0 fully saturated rings. The van der Waals surface area contributed by atoms with Crippen LogP contribution in [0, 0.1) is 0 Å². The van der Waals surface area contributed by atoms with Crippen molar-refractivity contribution in [3.05, 3.63) is 59.0 Å². The number of thioether (sulfide) groups is 1. The van der Waals surface area contributed by atoms with E-state index in [-0.39, 0.29) is 18.0 Å². The monoisotopic (exact) mass is 469 g/mol. The van der Waals surface area contributed by atoms with Gasteiger partial charge in [0.05, 0.1) is 24.5 Å². The SMILES string of the molecule is COc1ccc(N(C)c2cc(=O)oc3ccccc23)cc1NC(=O)[C@H](CCSC)NC(C)C. The number of hydrogen-bond acceptors (Lipinski definition) is 7. The Morgan fingerprint density at radius 2 is 1.94 bits per heavy atom. The zero-order chi connectivity index (χ0) is 24.0. The number of nitrogens with zero attached hydrogens (tertiary/aromatic N) is 1. The number of hydrogen-bond donors (Lipinski definition) is 2. The van der Waals surface area contributed by atoms with Crippen molar-refractivity contribution in [3.63, 3.8) is 0 Å². The molecule has 7 nitrogen and oxygen atoms in total. The van der Waals surface area contributed by atoms with Gasteiger partial charge in [0.15, 0.2) is 0 Å². The van der Waals surface area contributed by atoms with Crippen LogP contribution < -0.4 is 25.9 Å². The molecule has 0 unspecified atom stereocenters. The van der Waals surface area contributed by atoms with Gasteiger partial charge in [0, 0.05) is 30.2 Å². The summed E-state index contributed by atoms with van der Waals surface area (Å²) in [4.78, 5) is 27.1. The molecule has 8 heteroatoms. The number of methoxy groups -OCH3 is 1. The van der Waals surface area contributed by atoms with Gasteiger partial charge >= 0.3 is 5.63 Å². The molecule has 0 saturated heterocycles. The maximum absolute atomic E-state index is 13.1. The molecular weight excluding hydrogens is 438 g/mol. The molecular formula is C25H31N3O4S. The summed E-state index contributed by atoms with van der Waals surface area (Å²) in [6, 6.07) is 14.3. The highest BCUT2D eigenvalue weighted by atomic mass is 32.2. The minimum Gasteiger partial charge on any atom is -0.495 e. The van der Waals surface area contributed by atoms with Gasteiger partial charge in [0.2, 0.25) is 5.91 Å². The third-order valence-corrected chi connectivity index (χ3v) is 5.92. The summed E-state index contributed by atoms with van der Waals surface area (Å²) in [5.74, 6) is 1.33. The standard InChI is InChI=1S/C25H31N3O4S/c1-16(2)26-19(12-13-33-5)25(30)27-20-14-17(10-11-23(20)31-4)28(3)21-15-24(29)32-22-9-7-6-8-18(21)22/h6-11,14-16,19,26H,12-13H2,1-5H3,(H,27,30)/t19-/m0/s1. The lowest BCUT2D eigenvalue weighted by Gasteiger charge is -2.24. The van der Waals surface area contributed by atoms with Gasteiger partial charge in [-0.15, -0.1) is 0 Å². The summed E-state index contributed by atoms with van der Waals surface area (Å²) in [5.41, 5.74) is 2.17. The summed E-state index contributed by atoms with van der Waals surface area (Å²) in [6.07, 6.45) is 2.75. The van der Waals surface area contributed by atoms with Crippen LogP contribution in [0.25, 0.3) is 11.0 Å². The molecule has 0 radical (unpaired) electrons. The highest BCUT2D eigenvalue weighted by Gasteiger charge is 2.21. The summed E-state index contributed by atoms with van der Waals surface area (Å²) in [6.45, 7) is 4.05. The van der Waals surface area contributed by atoms with Crippen LogP contribution >= 0.6 is 11.8 Å². The second-order valence-corrected chi connectivity index (χ2v) is 9.02. The van der Waals surface area contributed by atoms with Gasteiger partial charge in [-0.1, -0.05) is 26.0 Å². The molecule has 1 amide bonds. The quantitative estimate of drug-likeness (QED) is 0.419. The minimum atomic E-state index is -0.422.